The van der Waals surface area contributed by atoms with Crippen molar-refractivity contribution in [2.75, 3.05) is 20.8 Å². The number of nitrogens with one attached hydrogen (secondary N) is 1. The van der Waals surface area contributed by atoms with E-state index in [9.17, 15) is 14.7 Å². The van der Waals surface area contributed by atoms with Crippen LogP contribution in [0.5, 0.6) is 11.5 Å². The van der Waals surface area contributed by atoms with E-state index in [-0.39, 0.29) is 23.6 Å². The first-order valence-electron chi connectivity index (χ1n) is 5.37. The highest BCUT2D eigenvalue weighted by molar-refractivity contribution is 6.30. The number of alkyl halides is 1. The lowest BCUT2D eigenvalue weighted by Crippen LogP contribution is -2.34. The molecule has 0 fully saturated rings. The van der Waals surface area contributed by atoms with Gasteiger partial charge < -0.3 is 19.9 Å². The largest absolute Gasteiger partial charge is 0.504 e. The highest BCUT2D eigenvalue weighted by Crippen LogP contribution is 2.29. The molecule has 0 saturated carbocycles. The number of carbonyl (C=O) groups excluding carboxylic acids is 2. The SMILES string of the molecule is COC(=O)C(Cl)CNC(=O)c1cccc(OC)c1O. The van der Waals surface area contributed by atoms with Gasteiger partial charge in [0.1, 0.15) is 5.38 Å². The van der Waals surface area contributed by atoms with Gasteiger partial charge in [-0.05, 0) is 12.1 Å². The van der Waals surface area contributed by atoms with Crippen LogP contribution in [0.3, 0.4) is 0 Å². The summed E-state index contributed by atoms with van der Waals surface area (Å²) >= 11 is 5.68. The molecule has 1 rings (SSSR count). The van der Waals surface area contributed by atoms with Gasteiger partial charge in [0.2, 0.25) is 0 Å². The molecule has 0 saturated heterocycles. The van der Waals surface area contributed by atoms with Gasteiger partial charge >= 0.3 is 5.97 Å². The summed E-state index contributed by atoms with van der Waals surface area (Å²) in [7, 11) is 2.58. The van der Waals surface area contributed by atoms with Crippen LogP contribution in [-0.4, -0.2) is 43.1 Å². The van der Waals surface area contributed by atoms with E-state index in [4.69, 9.17) is 16.3 Å². The minimum absolute atomic E-state index is 0.0353. The number of phenols is 1. The van der Waals surface area contributed by atoms with E-state index in [1.807, 2.05) is 0 Å². The van der Waals surface area contributed by atoms with E-state index in [0.29, 0.717) is 0 Å². The van der Waals surface area contributed by atoms with Crippen molar-refractivity contribution >= 4 is 23.5 Å². The van der Waals surface area contributed by atoms with Gasteiger partial charge in [-0.25, -0.2) is 0 Å². The van der Waals surface area contributed by atoms with Crippen LogP contribution in [0.25, 0.3) is 0 Å². The smallest absolute Gasteiger partial charge is 0.325 e. The van der Waals surface area contributed by atoms with E-state index < -0.39 is 17.3 Å². The van der Waals surface area contributed by atoms with Gasteiger partial charge in [0.25, 0.3) is 5.91 Å². The molecule has 7 heteroatoms. The molecule has 0 aliphatic heterocycles. The molecule has 1 aromatic carbocycles. The molecule has 1 amide bonds. The van der Waals surface area contributed by atoms with E-state index in [1.165, 1.54) is 26.4 Å². The molecule has 0 heterocycles. The number of hydrogen-bond donors (Lipinski definition) is 2. The third kappa shape index (κ3) is 3.75. The normalized spacial score (nSPS) is 11.5. The highest BCUT2D eigenvalue weighted by atomic mass is 35.5. The Labute approximate surface area is 115 Å². The number of para-hydroxylation sites is 1. The number of hydrogen-bond acceptors (Lipinski definition) is 5. The van der Waals surface area contributed by atoms with Crippen molar-refractivity contribution in [1.29, 1.82) is 0 Å². The van der Waals surface area contributed by atoms with Gasteiger partial charge in [-0.3, -0.25) is 9.59 Å². The number of phenolic OH excluding ortho intramolecular Hbond substituents is 1. The molecule has 0 radical (unpaired) electrons. The summed E-state index contributed by atoms with van der Waals surface area (Å²) in [5, 5.41) is 11.2. The topological polar surface area (TPSA) is 84.9 Å². The fourth-order valence-corrected chi connectivity index (χ4v) is 1.53. The number of esters is 1. The fourth-order valence-electron chi connectivity index (χ4n) is 1.36. The zero-order valence-electron chi connectivity index (χ0n) is 10.5. The van der Waals surface area contributed by atoms with Gasteiger partial charge in [0.05, 0.1) is 19.8 Å². The van der Waals surface area contributed by atoms with Crippen molar-refractivity contribution in [2.45, 2.75) is 5.38 Å². The lowest BCUT2D eigenvalue weighted by Gasteiger charge is -2.11. The maximum absolute atomic E-state index is 11.8. The lowest BCUT2D eigenvalue weighted by atomic mass is 10.1. The predicted molar refractivity (Wildman–Crippen MR) is 68.6 cm³/mol. The van der Waals surface area contributed by atoms with Crippen LogP contribution < -0.4 is 10.1 Å². The Kier molecular flexibility index (Phi) is 5.44. The van der Waals surface area contributed by atoms with Crippen molar-refractivity contribution in [2.24, 2.45) is 0 Å². The maximum atomic E-state index is 11.8. The van der Waals surface area contributed by atoms with E-state index in [0.717, 1.165) is 0 Å². The first-order chi connectivity index (χ1) is 9.01. The Morgan fingerprint density at radius 2 is 2.11 bits per heavy atom. The molecule has 1 unspecified atom stereocenters. The Balaban J connectivity index is 2.71. The second-order valence-electron chi connectivity index (χ2n) is 3.56. The maximum Gasteiger partial charge on any atom is 0.325 e. The molecule has 2 N–H and O–H groups in total. The van der Waals surface area contributed by atoms with Gasteiger partial charge in [0, 0.05) is 6.54 Å². The quantitative estimate of drug-likeness (QED) is 0.621. The minimum Gasteiger partial charge on any atom is -0.504 e. The Morgan fingerprint density at radius 3 is 2.68 bits per heavy atom. The van der Waals surface area contributed by atoms with Crippen LogP contribution >= 0.6 is 11.6 Å². The molecule has 0 aromatic heterocycles. The highest BCUT2D eigenvalue weighted by Gasteiger charge is 2.19. The number of rotatable bonds is 5. The third-order valence-corrected chi connectivity index (χ3v) is 2.69. The monoisotopic (exact) mass is 287 g/mol. The van der Waals surface area contributed by atoms with Crippen molar-refractivity contribution < 1.29 is 24.2 Å². The zero-order chi connectivity index (χ0) is 14.4. The van der Waals surface area contributed by atoms with Crippen LogP contribution in [0.2, 0.25) is 0 Å². The summed E-state index contributed by atoms with van der Waals surface area (Å²) < 4.78 is 9.31. The summed E-state index contributed by atoms with van der Waals surface area (Å²) in [6.45, 7) is -0.107. The Hall–Kier alpha value is -1.95. The second-order valence-corrected chi connectivity index (χ2v) is 4.08. The Morgan fingerprint density at radius 1 is 1.42 bits per heavy atom. The van der Waals surface area contributed by atoms with Crippen molar-refractivity contribution in [3.63, 3.8) is 0 Å². The molecule has 1 atom stereocenters. The number of halogens is 1. The number of benzene rings is 1. The molecule has 0 aliphatic rings. The van der Waals surface area contributed by atoms with Crippen LogP contribution in [-0.2, 0) is 9.53 Å². The lowest BCUT2D eigenvalue weighted by molar-refractivity contribution is -0.140. The minimum atomic E-state index is -0.985. The van der Waals surface area contributed by atoms with Crippen LogP contribution in [0.1, 0.15) is 10.4 Å². The standard InChI is InChI=1S/C12H14ClNO5/c1-18-9-5-3-4-7(10(9)15)11(16)14-6-8(13)12(17)19-2/h3-5,8,15H,6H2,1-2H3,(H,14,16). The average molecular weight is 288 g/mol. The fraction of sp³-hybridized carbons (Fsp3) is 0.333. The van der Waals surface area contributed by atoms with Gasteiger partial charge in [0.15, 0.2) is 11.5 Å². The summed E-state index contributed by atoms with van der Waals surface area (Å²) in [5.41, 5.74) is 0.0353. The molecule has 6 nitrogen and oxygen atoms in total. The summed E-state index contributed by atoms with van der Waals surface area (Å²) in [6.07, 6.45) is 0. The summed E-state index contributed by atoms with van der Waals surface area (Å²) in [5.74, 6) is -1.29. The van der Waals surface area contributed by atoms with Crippen LogP contribution in [0, 0.1) is 0 Å². The van der Waals surface area contributed by atoms with E-state index in [1.54, 1.807) is 6.07 Å². The first kappa shape index (κ1) is 15.1. The molecule has 19 heavy (non-hydrogen) atoms. The predicted octanol–water partition coefficient (Wildman–Crippen LogP) is 0.911. The number of methoxy groups -OCH3 is 2. The zero-order valence-corrected chi connectivity index (χ0v) is 11.2. The van der Waals surface area contributed by atoms with E-state index >= 15 is 0 Å². The van der Waals surface area contributed by atoms with Crippen molar-refractivity contribution in [3.8, 4) is 11.5 Å². The third-order valence-electron chi connectivity index (χ3n) is 2.36. The van der Waals surface area contributed by atoms with Crippen molar-refractivity contribution in [1.82, 2.24) is 5.32 Å². The van der Waals surface area contributed by atoms with Gasteiger partial charge in [-0.15, -0.1) is 11.6 Å². The number of aromatic hydroxyl groups is 1. The van der Waals surface area contributed by atoms with Crippen molar-refractivity contribution in [3.05, 3.63) is 23.8 Å². The molecule has 0 spiro atoms. The molecular formula is C12H14ClNO5. The number of ether oxygens (including phenoxy) is 2. The second kappa shape index (κ2) is 6.84. The number of carbonyl (C=O) groups is 2. The molecule has 104 valence electrons. The number of amides is 1. The van der Waals surface area contributed by atoms with Crippen LogP contribution in [0.15, 0.2) is 18.2 Å². The Bertz CT molecular complexity index is 477. The molecular weight excluding hydrogens is 274 g/mol. The summed E-state index contributed by atoms with van der Waals surface area (Å²) in [4.78, 5) is 22.9. The summed E-state index contributed by atoms with van der Waals surface area (Å²) in [6, 6.07) is 4.51. The molecule has 0 aliphatic carbocycles. The first-order valence-corrected chi connectivity index (χ1v) is 5.81. The molecule has 0 bridgehead atoms. The van der Waals surface area contributed by atoms with E-state index in [2.05, 4.69) is 10.1 Å². The average Bonchev–Trinajstić information content (AvgIpc) is 2.43. The van der Waals surface area contributed by atoms with Gasteiger partial charge in [-0.2, -0.15) is 0 Å². The van der Waals surface area contributed by atoms with Crippen LogP contribution in [0.4, 0.5) is 0 Å². The van der Waals surface area contributed by atoms with Gasteiger partial charge in [-0.1, -0.05) is 6.07 Å². The molecule has 1 aromatic rings.